The van der Waals surface area contributed by atoms with Gasteiger partial charge in [-0.15, -0.1) is 10.2 Å². The highest BCUT2D eigenvalue weighted by atomic mass is 35.5. The van der Waals surface area contributed by atoms with Gasteiger partial charge in [0.05, 0.1) is 24.3 Å². The van der Waals surface area contributed by atoms with Gasteiger partial charge in [0.1, 0.15) is 27.9 Å². The van der Waals surface area contributed by atoms with E-state index in [1.165, 1.54) is 20.3 Å². The van der Waals surface area contributed by atoms with Crippen molar-refractivity contribution in [3.8, 4) is 34.3 Å². The molecule has 0 spiro atoms. The summed E-state index contributed by atoms with van der Waals surface area (Å²) in [6.07, 6.45) is 1.37. The second kappa shape index (κ2) is 10.3. The molecule has 0 aliphatic carbocycles. The topological polar surface area (TPSA) is 108 Å². The number of benzene rings is 2. The number of aliphatic carboxylic acids is 1. The third-order valence-electron chi connectivity index (χ3n) is 4.52. The number of rotatable bonds is 8. The van der Waals surface area contributed by atoms with Crippen molar-refractivity contribution in [2.75, 3.05) is 14.2 Å². The molecule has 1 N–H and O–H groups in total. The fraction of sp³-hybridized carbons (Fsp3) is 0.0870. The Bertz CT molecular complexity index is 1360. The Kier molecular flexibility index (Phi) is 7.16. The van der Waals surface area contributed by atoms with Crippen LogP contribution in [0.3, 0.4) is 0 Å². The Morgan fingerprint density at radius 2 is 1.68 bits per heavy atom. The monoisotopic (exact) mass is 518 g/mol. The Labute approximate surface area is 208 Å². The first-order valence-electron chi connectivity index (χ1n) is 9.61. The fourth-order valence-electron chi connectivity index (χ4n) is 2.89. The Hall–Kier alpha value is -3.40. The van der Waals surface area contributed by atoms with Crippen molar-refractivity contribution in [2.45, 2.75) is 5.22 Å². The third kappa shape index (κ3) is 5.39. The number of carboxylic acid groups (broad SMARTS) is 1. The maximum atomic E-state index is 11.8. The number of carbonyl (C=O) groups is 1. The van der Waals surface area contributed by atoms with E-state index < -0.39 is 5.97 Å². The number of nitrogens with zero attached hydrogens (tertiary/aromatic N) is 2. The van der Waals surface area contributed by atoms with Crippen molar-refractivity contribution in [2.24, 2.45) is 0 Å². The van der Waals surface area contributed by atoms with Gasteiger partial charge in [0.15, 0.2) is 0 Å². The number of halogens is 2. The van der Waals surface area contributed by atoms with Crippen molar-refractivity contribution in [1.29, 1.82) is 0 Å². The lowest BCUT2D eigenvalue weighted by molar-refractivity contribution is -0.131. The summed E-state index contributed by atoms with van der Waals surface area (Å²) in [7, 11) is 3.05. The highest BCUT2D eigenvalue weighted by Gasteiger charge is 2.18. The first-order valence-corrected chi connectivity index (χ1v) is 11.2. The van der Waals surface area contributed by atoms with E-state index in [1.807, 2.05) is 0 Å². The minimum absolute atomic E-state index is 0.0432. The van der Waals surface area contributed by atoms with Gasteiger partial charge in [0, 0.05) is 23.3 Å². The van der Waals surface area contributed by atoms with Gasteiger partial charge < -0.3 is 23.4 Å². The van der Waals surface area contributed by atoms with Crippen LogP contribution in [0.15, 0.2) is 67.5 Å². The van der Waals surface area contributed by atoms with Gasteiger partial charge >= 0.3 is 5.97 Å². The van der Waals surface area contributed by atoms with Gasteiger partial charge in [0.2, 0.25) is 5.89 Å². The zero-order valence-corrected chi connectivity index (χ0v) is 20.1. The molecule has 2 heterocycles. The Morgan fingerprint density at radius 1 is 0.941 bits per heavy atom. The minimum Gasteiger partial charge on any atom is -0.497 e. The number of hydrogen-bond acceptors (Lipinski definition) is 8. The standard InChI is InChI=1S/C23H16Cl2N2O6S/c1-30-15-7-13(8-16(10-15)31-2)21-26-27-23(33-21)34-20(22(28)29)11-14-4-6-19(32-14)12-3-5-17(24)18(25)9-12/h3-11H,1-2H3,(H,28,29)/b20-11-. The molecule has 34 heavy (non-hydrogen) atoms. The third-order valence-corrected chi connectivity index (χ3v) is 6.11. The van der Waals surface area contributed by atoms with Crippen LogP contribution in [-0.2, 0) is 4.79 Å². The molecule has 0 aliphatic rings. The molecule has 11 heteroatoms. The van der Waals surface area contributed by atoms with Crippen molar-refractivity contribution >= 4 is 47.0 Å². The van der Waals surface area contributed by atoms with Crippen LogP contribution in [0.4, 0.5) is 0 Å². The highest BCUT2D eigenvalue weighted by Crippen LogP contribution is 2.34. The molecule has 0 bridgehead atoms. The molecule has 0 atom stereocenters. The predicted molar refractivity (Wildman–Crippen MR) is 128 cm³/mol. The van der Waals surface area contributed by atoms with Crippen molar-refractivity contribution < 1.29 is 28.2 Å². The van der Waals surface area contributed by atoms with Crippen molar-refractivity contribution in [3.63, 3.8) is 0 Å². The lowest BCUT2D eigenvalue weighted by Crippen LogP contribution is -1.96. The molecular formula is C23H16Cl2N2O6S. The van der Waals surface area contributed by atoms with Crippen LogP contribution >= 0.6 is 35.0 Å². The first kappa shape index (κ1) is 23.7. The van der Waals surface area contributed by atoms with Crippen LogP contribution in [0.25, 0.3) is 28.9 Å². The maximum absolute atomic E-state index is 11.8. The average Bonchev–Trinajstić information content (AvgIpc) is 3.50. The van der Waals surface area contributed by atoms with Crippen LogP contribution in [0.1, 0.15) is 5.76 Å². The molecular weight excluding hydrogens is 503 g/mol. The Morgan fingerprint density at radius 3 is 2.32 bits per heavy atom. The quantitative estimate of drug-likeness (QED) is 0.205. The Balaban J connectivity index is 1.57. The summed E-state index contributed by atoms with van der Waals surface area (Å²) < 4.78 is 21.9. The zero-order valence-electron chi connectivity index (χ0n) is 17.7. The van der Waals surface area contributed by atoms with Crippen molar-refractivity contribution in [1.82, 2.24) is 10.2 Å². The second-order valence-corrected chi connectivity index (χ2v) is 8.53. The van der Waals surface area contributed by atoms with E-state index in [0.29, 0.717) is 44.2 Å². The minimum atomic E-state index is -1.18. The highest BCUT2D eigenvalue weighted by molar-refractivity contribution is 8.03. The first-order chi connectivity index (χ1) is 16.4. The van der Waals surface area contributed by atoms with Gasteiger partial charge in [-0.3, -0.25) is 0 Å². The van der Waals surface area contributed by atoms with Gasteiger partial charge in [-0.05, 0) is 54.2 Å². The fourth-order valence-corrected chi connectivity index (χ4v) is 3.84. The van der Waals surface area contributed by atoms with Gasteiger partial charge in [0.25, 0.3) is 5.22 Å². The summed E-state index contributed by atoms with van der Waals surface area (Å²) in [5, 5.41) is 18.5. The summed E-state index contributed by atoms with van der Waals surface area (Å²) in [5.74, 6) is 0.923. The lowest BCUT2D eigenvalue weighted by atomic mass is 10.2. The van der Waals surface area contributed by atoms with Crippen LogP contribution in [-0.4, -0.2) is 35.5 Å². The van der Waals surface area contributed by atoms with E-state index in [1.54, 1.807) is 48.5 Å². The van der Waals surface area contributed by atoms with E-state index in [9.17, 15) is 9.90 Å². The van der Waals surface area contributed by atoms with Gasteiger partial charge in [-0.2, -0.15) is 0 Å². The molecule has 4 aromatic rings. The van der Waals surface area contributed by atoms with Gasteiger partial charge in [-0.1, -0.05) is 23.2 Å². The lowest BCUT2D eigenvalue weighted by Gasteiger charge is -2.05. The van der Waals surface area contributed by atoms with E-state index in [-0.39, 0.29) is 16.0 Å². The van der Waals surface area contributed by atoms with E-state index >= 15 is 0 Å². The van der Waals surface area contributed by atoms with Gasteiger partial charge in [-0.25, -0.2) is 4.79 Å². The molecule has 0 radical (unpaired) electrons. The average molecular weight is 519 g/mol. The molecule has 174 valence electrons. The largest absolute Gasteiger partial charge is 0.497 e. The maximum Gasteiger partial charge on any atom is 0.342 e. The number of methoxy groups -OCH3 is 2. The molecule has 0 fully saturated rings. The second-order valence-electron chi connectivity index (χ2n) is 6.72. The molecule has 0 amide bonds. The molecule has 0 aliphatic heterocycles. The zero-order chi connectivity index (χ0) is 24.2. The summed E-state index contributed by atoms with van der Waals surface area (Å²) in [5.41, 5.74) is 1.27. The van der Waals surface area contributed by atoms with E-state index in [0.717, 1.165) is 11.8 Å². The van der Waals surface area contributed by atoms with Crippen LogP contribution in [0, 0.1) is 0 Å². The van der Waals surface area contributed by atoms with Crippen molar-refractivity contribution in [3.05, 3.63) is 69.2 Å². The molecule has 0 unspecified atom stereocenters. The molecule has 0 saturated carbocycles. The van der Waals surface area contributed by atoms with Crippen LogP contribution < -0.4 is 9.47 Å². The number of ether oxygens (including phenoxy) is 2. The molecule has 2 aromatic carbocycles. The van der Waals surface area contributed by atoms with Crippen LogP contribution in [0.5, 0.6) is 11.5 Å². The molecule has 2 aromatic heterocycles. The summed E-state index contributed by atoms with van der Waals surface area (Å²) in [4.78, 5) is 11.7. The number of aromatic nitrogens is 2. The van der Waals surface area contributed by atoms with E-state index in [2.05, 4.69) is 10.2 Å². The smallest absolute Gasteiger partial charge is 0.342 e. The SMILES string of the molecule is COc1cc(OC)cc(-c2nnc(S/C(=C\c3ccc(-c4ccc(Cl)c(Cl)c4)o3)C(=O)O)o2)c1. The van der Waals surface area contributed by atoms with E-state index in [4.69, 9.17) is 41.5 Å². The summed E-state index contributed by atoms with van der Waals surface area (Å²) >= 11 is 12.8. The van der Waals surface area contributed by atoms with Crippen LogP contribution in [0.2, 0.25) is 10.0 Å². The normalized spacial score (nSPS) is 11.5. The number of furan rings is 1. The number of carboxylic acids is 1. The number of thioether (sulfide) groups is 1. The molecule has 0 saturated heterocycles. The summed E-state index contributed by atoms with van der Waals surface area (Å²) in [6.45, 7) is 0. The number of hydrogen-bond donors (Lipinski definition) is 1. The predicted octanol–water partition coefficient (Wildman–Crippen LogP) is 6.54. The summed E-state index contributed by atoms with van der Waals surface area (Å²) in [6, 6.07) is 13.5. The molecule has 8 nitrogen and oxygen atoms in total. The molecule has 4 rings (SSSR count).